The summed E-state index contributed by atoms with van der Waals surface area (Å²) in [7, 11) is 0. The van der Waals surface area contributed by atoms with Crippen molar-refractivity contribution in [3.63, 3.8) is 0 Å². The molecular weight excluding hydrogens is 264 g/mol. The lowest BCUT2D eigenvalue weighted by molar-refractivity contribution is 0.645. The predicted octanol–water partition coefficient (Wildman–Crippen LogP) is 3.29. The van der Waals surface area contributed by atoms with Crippen molar-refractivity contribution in [1.82, 2.24) is 0 Å². The Hall–Kier alpha value is -0.540. The second-order valence-electron chi connectivity index (χ2n) is 4.42. The number of benzene rings is 1. The lowest BCUT2D eigenvalue weighted by atomic mass is 10.1. The molecule has 0 aromatic heterocycles. The van der Waals surface area contributed by atoms with Crippen LogP contribution in [0, 0.1) is 0 Å². The van der Waals surface area contributed by atoms with Gasteiger partial charge in [-0.15, -0.1) is 0 Å². The minimum absolute atomic E-state index is 0.608. The van der Waals surface area contributed by atoms with Gasteiger partial charge in [-0.2, -0.15) is 0 Å². The van der Waals surface area contributed by atoms with Crippen molar-refractivity contribution < 1.29 is 0 Å². The zero-order valence-electron chi connectivity index (χ0n) is 9.75. The quantitative estimate of drug-likeness (QED) is 0.922. The van der Waals surface area contributed by atoms with Crippen molar-refractivity contribution in [2.24, 2.45) is 5.73 Å². The van der Waals surface area contributed by atoms with Gasteiger partial charge >= 0.3 is 0 Å². The Morgan fingerprint density at radius 1 is 1.44 bits per heavy atom. The summed E-state index contributed by atoms with van der Waals surface area (Å²) < 4.78 is 1.13. The average molecular weight is 283 g/mol. The molecule has 0 bridgehead atoms. The van der Waals surface area contributed by atoms with Crippen LogP contribution in [0.2, 0.25) is 0 Å². The Kier molecular flexibility index (Phi) is 3.87. The third kappa shape index (κ3) is 2.41. The number of anilines is 1. The zero-order chi connectivity index (χ0) is 11.5. The molecule has 0 saturated carbocycles. The molecule has 1 aliphatic heterocycles. The minimum Gasteiger partial charge on any atom is -0.369 e. The topological polar surface area (TPSA) is 29.3 Å². The van der Waals surface area contributed by atoms with Gasteiger partial charge in [0.1, 0.15) is 0 Å². The van der Waals surface area contributed by atoms with Crippen molar-refractivity contribution in [2.45, 2.75) is 38.8 Å². The second kappa shape index (κ2) is 5.19. The van der Waals surface area contributed by atoms with Gasteiger partial charge in [0.25, 0.3) is 0 Å². The van der Waals surface area contributed by atoms with Crippen LogP contribution in [0.15, 0.2) is 22.7 Å². The van der Waals surface area contributed by atoms with Crippen LogP contribution in [0.3, 0.4) is 0 Å². The van der Waals surface area contributed by atoms with Gasteiger partial charge in [0.05, 0.1) is 0 Å². The highest BCUT2D eigenvalue weighted by molar-refractivity contribution is 9.10. The van der Waals surface area contributed by atoms with E-state index in [2.05, 4.69) is 46.0 Å². The smallest absolute Gasteiger partial charge is 0.0383 e. The molecule has 1 aromatic rings. The summed E-state index contributed by atoms with van der Waals surface area (Å²) in [5, 5.41) is 0. The molecule has 1 aliphatic rings. The number of hydrogen-bond acceptors (Lipinski definition) is 2. The van der Waals surface area contributed by atoms with Gasteiger partial charge in [-0.3, -0.25) is 0 Å². The Bertz CT molecular complexity index is 365. The minimum atomic E-state index is 0.608. The monoisotopic (exact) mass is 282 g/mol. The summed E-state index contributed by atoms with van der Waals surface area (Å²) in [5.41, 5.74) is 8.23. The predicted molar refractivity (Wildman–Crippen MR) is 72.7 cm³/mol. The van der Waals surface area contributed by atoms with E-state index in [-0.39, 0.29) is 0 Å². The molecule has 0 aliphatic carbocycles. The SMILES string of the molecule is CCC1CCCN1c1cc(Br)cc(CN)c1. The third-order valence-corrected chi connectivity index (χ3v) is 3.82. The number of hydrogen-bond donors (Lipinski definition) is 1. The van der Waals surface area contributed by atoms with E-state index in [0.717, 1.165) is 4.47 Å². The molecule has 1 fully saturated rings. The largest absolute Gasteiger partial charge is 0.369 e. The van der Waals surface area contributed by atoms with Crippen molar-refractivity contribution >= 4 is 21.6 Å². The van der Waals surface area contributed by atoms with Gasteiger partial charge in [0.2, 0.25) is 0 Å². The van der Waals surface area contributed by atoms with E-state index in [9.17, 15) is 0 Å². The first-order chi connectivity index (χ1) is 7.74. The lowest BCUT2D eigenvalue weighted by Crippen LogP contribution is -2.28. The molecule has 16 heavy (non-hydrogen) atoms. The van der Waals surface area contributed by atoms with Gasteiger partial charge in [0, 0.05) is 29.3 Å². The van der Waals surface area contributed by atoms with Crippen molar-refractivity contribution in [3.8, 4) is 0 Å². The lowest BCUT2D eigenvalue weighted by Gasteiger charge is -2.26. The maximum atomic E-state index is 5.71. The molecule has 1 atom stereocenters. The van der Waals surface area contributed by atoms with Crippen LogP contribution in [0.25, 0.3) is 0 Å². The average Bonchev–Trinajstić information content (AvgIpc) is 2.76. The standard InChI is InChI=1S/C13H19BrN2/c1-2-12-4-3-5-16(12)13-7-10(9-15)6-11(14)8-13/h6-8,12H,2-5,9,15H2,1H3. The second-order valence-corrected chi connectivity index (χ2v) is 5.34. The summed E-state index contributed by atoms with van der Waals surface area (Å²) >= 11 is 3.56. The van der Waals surface area contributed by atoms with Crippen molar-refractivity contribution in [1.29, 1.82) is 0 Å². The van der Waals surface area contributed by atoms with E-state index in [1.54, 1.807) is 0 Å². The fraction of sp³-hybridized carbons (Fsp3) is 0.538. The number of nitrogens with two attached hydrogens (primary N) is 1. The molecular formula is C13H19BrN2. The number of halogens is 1. The normalized spacial score (nSPS) is 20.4. The summed E-state index contributed by atoms with van der Waals surface area (Å²) in [6.07, 6.45) is 3.86. The molecule has 1 heterocycles. The molecule has 0 spiro atoms. The summed E-state index contributed by atoms with van der Waals surface area (Å²) in [4.78, 5) is 2.52. The maximum Gasteiger partial charge on any atom is 0.0383 e. The summed E-state index contributed by atoms with van der Waals surface area (Å²) in [5.74, 6) is 0. The zero-order valence-corrected chi connectivity index (χ0v) is 11.3. The van der Waals surface area contributed by atoms with Crippen LogP contribution in [0.5, 0.6) is 0 Å². The van der Waals surface area contributed by atoms with Crippen molar-refractivity contribution in [2.75, 3.05) is 11.4 Å². The number of rotatable bonds is 3. The van der Waals surface area contributed by atoms with Gasteiger partial charge in [0.15, 0.2) is 0 Å². The van der Waals surface area contributed by atoms with E-state index < -0.39 is 0 Å². The summed E-state index contributed by atoms with van der Waals surface area (Å²) in [6.45, 7) is 4.06. The highest BCUT2D eigenvalue weighted by Crippen LogP contribution is 2.30. The molecule has 3 heteroatoms. The first kappa shape index (κ1) is 11.9. The molecule has 0 radical (unpaired) electrons. The Balaban J connectivity index is 2.28. The highest BCUT2D eigenvalue weighted by Gasteiger charge is 2.23. The van der Waals surface area contributed by atoms with Crippen molar-refractivity contribution in [3.05, 3.63) is 28.2 Å². The van der Waals surface area contributed by atoms with E-state index in [1.165, 1.54) is 37.1 Å². The van der Waals surface area contributed by atoms with Gasteiger partial charge < -0.3 is 10.6 Å². The number of nitrogens with zero attached hydrogens (tertiary/aromatic N) is 1. The van der Waals surface area contributed by atoms with E-state index >= 15 is 0 Å². The molecule has 1 saturated heterocycles. The van der Waals surface area contributed by atoms with E-state index in [4.69, 9.17) is 5.73 Å². The fourth-order valence-electron chi connectivity index (χ4n) is 2.52. The molecule has 1 unspecified atom stereocenters. The first-order valence-corrected chi connectivity index (χ1v) is 6.80. The molecule has 88 valence electrons. The van der Waals surface area contributed by atoms with Gasteiger partial charge in [-0.25, -0.2) is 0 Å². The van der Waals surface area contributed by atoms with Crippen LogP contribution in [0.1, 0.15) is 31.7 Å². The summed E-state index contributed by atoms with van der Waals surface area (Å²) in [6, 6.07) is 7.23. The Morgan fingerprint density at radius 2 is 2.25 bits per heavy atom. The molecule has 0 amide bonds. The molecule has 2 rings (SSSR count). The molecule has 2 N–H and O–H groups in total. The van der Waals surface area contributed by atoms with E-state index in [1.807, 2.05) is 0 Å². The van der Waals surface area contributed by atoms with Crippen LogP contribution in [0.4, 0.5) is 5.69 Å². The third-order valence-electron chi connectivity index (χ3n) is 3.36. The van der Waals surface area contributed by atoms with Gasteiger partial charge in [-0.05, 0) is 43.0 Å². The van der Waals surface area contributed by atoms with Crippen LogP contribution >= 0.6 is 15.9 Å². The Morgan fingerprint density at radius 3 is 2.94 bits per heavy atom. The van der Waals surface area contributed by atoms with Crippen LogP contribution < -0.4 is 10.6 Å². The highest BCUT2D eigenvalue weighted by atomic mass is 79.9. The Labute approximate surface area is 106 Å². The van der Waals surface area contributed by atoms with Gasteiger partial charge in [-0.1, -0.05) is 22.9 Å². The van der Waals surface area contributed by atoms with Crippen LogP contribution in [-0.2, 0) is 6.54 Å². The maximum absolute atomic E-state index is 5.71. The molecule has 2 nitrogen and oxygen atoms in total. The van der Waals surface area contributed by atoms with E-state index in [0.29, 0.717) is 12.6 Å². The fourth-order valence-corrected chi connectivity index (χ4v) is 3.05. The van der Waals surface area contributed by atoms with Crippen LogP contribution in [-0.4, -0.2) is 12.6 Å². The first-order valence-electron chi connectivity index (χ1n) is 6.00. The molecule has 1 aromatic carbocycles.